The molecule has 0 radical (unpaired) electrons. The third-order valence-corrected chi connectivity index (χ3v) is 5.35. The van der Waals surface area contributed by atoms with Crippen LogP contribution in [0.2, 0.25) is 0 Å². The number of nitrogens with zero attached hydrogens (tertiary/aromatic N) is 2. The van der Waals surface area contributed by atoms with Crippen LogP contribution >= 0.6 is 0 Å². The van der Waals surface area contributed by atoms with Gasteiger partial charge in [-0.3, -0.25) is 9.59 Å². The number of carbonyl (C=O) groups excluding carboxylic acids is 3. The van der Waals surface area contributed by atoms with Gasteiger partial charge in [-0.05, 0) is 68.7 Å². The van der Waals surface area contributed by atoms with Crippen LogP contribution < -0.4 is 5.32 Å². The van der Waals surface area contributed by atoms with Crippen molar-refractivity contribution in [3.05, 3.63) is 76.6 Å². The average Bonchev–Trinajstić information content (AvgIpc) is 3.10. The zero-order valence-electron chi connectivity index (χ0n) is 19.2. The van der Waals surface area contributed by atoms with Crippen molar-refractivity contribution in [3.63, 3.8) is 0 Å². The Hall–Kier alpha value is -3.94. The van der Waals surface area contributed by atoms with Gasteiger partial charge in [0, 0.05) is 17.8 Å². The highest BCUT2D eigenvalue weighted by Gasteiger charge is 2.16. The number of para-hydroxylation sites is 1. The van der Waals surface area contributed by atoms with Crippen molar-refractivity contribution < 1.29 is 23.9 Å². The number of hydrogen-bond acceptors (Lipinski definition) is 6. The maximum absolute atomic E-state index is 12.4. The van der Waals surface area contributed by atoms with E-state index in [2.05, 4.69) is 10.4 Å². The van der Waals surface area contributed by atoms with Gasteiger partial charge in [0.15, 0.2) is 6.61 Å². The molecule has 3 aromatic rings. The van der Waals surface area contributed by atoms with Crippen molar-refractivity contribution in [3.8, 4) is 5.69 Å². The fourth-order valence-corrected chi connectivity index (χ4v) is 3.47. The number of amides is 1. The number of anilines is 1. The predicted octanol–water partition coefficient (Wildman–Crippen LogP) is 3.70. The first-order valence-corrected chi connectivity index (χ1v) is 10.5. The lowest BCUT2D eigenvalue weighted by atomic mass is 10.1. The second-order valence-electron chi connectivity index (χ2n) is 7.62. The summed E-state index contributed by atoms with van der Waals surface area (Å²) in [7, 11) is 1.37. The number of rotatable bonds is 8. The summed E-state index contributed by atoms with van der Waals surface area (Å²) < 4.78 is 11.6. The Bertz CT molecular complexity index is 1170. The highest BCUT2D eigenvalue weighted by molar-refractivity contribution is 5.96. The lowest BCUT2D eigenvalue weighted by molar-refractivity contribution is -0.140. The van der Waals surface area contributed by atoms with E-state index in [0.29, 0.717) is 17.7 Å². The number of nitrogens with one attached hydrogen (secondary N) is 1. The summed E-state index contributed by atoms with van der Waals surface area (Å²) in [6.45, 7) is 5.33. The Morgan fingerprint density at radius 2 is 1.70 bits per heavy atom. The molecule has 0 saturated carbocycles. The van der Waals surface area contributed by atoms with Crippen molar-refractivity contribution in [2.75, 3.05) is 19.0 Å². The third kappa shape index (κ3) is 5.85. The molecule has 0 spiro atoms. The van der Waals surface area contributed by atoms with Crippen LogP contribution in [-0.4, -0.2) is 41.3 Å². The van der Waals surface area contributed by atoms with Gasteiger partial charge < -0.3 is 14.8 Å². The second kappa shape index (κ2) is 10.6. The summed E-state index contributed by atoms with van der Waals surface area (Å²) in [5.74, 6) is -1.26. The Morgan fingerprint density at radius 1 is 1.00 bits per heavy atom. The molecule has 8 heteroatoms. The molecule has 1 N–H and O–H groups in total. The molecule has 8 nitrogen and oxygen atoms in total. The summed E-state index contributed by atoms with van der Waals surface area (Å²) in [6, 6.07) is 14.1. The highest BCUT2D eigenvalue weighted by atomic mass is 16.5. The number of aromatic nitrogens is 2. The Morgan fingerprint density at radius 3 is 2.36 bits per heavy atom. The maximum atomic E-state index is 12.4. The lowest BCUT2D eigenvalue weighted by Crippen LogP contribution is -2.21. The fraction of sp³-hybridized carbons (Fsp3) is 0.280. The van der Waals surface area contributed by atoms with Crippen LogP contribution in [0, 0.1) is 20.8 Å². The number of hydrogen-bond donors (Lipinski definition) is 1. The molecule has 172 valence electrons. The van der Waals surface area contributed by atoms with Crippen LogP contribution in [0.5, 0.6) is 0 Å². The van der Waals surface area contributed by atoms with Gasteiger partial charge in [-0.1, -0.05) is 18.2 Å². The quantitative estimate of drug-likeness (QED) is 0.527. The minimum Gasteiger partial charge on any atom is -0.469 e. The number of esters is 2. The zero-order valence-corrected chi connectivity index (χ0v) is 19.2. The van der Waals surface area contributed by atoms with Crippen LogP contribution in [0.1, 0.15) is 39.3 Å². The van der Waals surface area contributed by atoms with Gasteiger partial charge in [-0.15, -0.1) is 0 Å². The van der Waals surface area contributed by atoms with E-state index in [4.69, 9.17) is 9.47 Å². The summed E-state index contributed by atoms with van der Waals surface area (Å²) in [5, 5.41) is 7.29. The van der Waals surface area contributed by atoms with E-state index in [1.165, 1.54) is 7.11 Å². The number of aryl methyl sites for hydroxylation is 2. The third-order valence-electron chi connectivity index (χ3n) is 5.35. The Balaban J connectivity index is 1.62. The van der Waals surface area contributed by atoms with E-state index < -0.39 is 11.9 Å². The fourth-order valence-electron chi connectivity index (χ4n) is 3.47. The van der Waals surface area contributed by atoms with Gasteiger partial charge in [0.1, 0.15) is 0 Å². The molecule has 0 aliphatic rings. The number of benzene rings is 2. The molecule has 0 unspecified atom stereocenters. The normalized spacial score (nSPS) is 10.5. The first-order chi connectivity index (χ1) is 15.8. The summed E-state index contributed by atoms with van der Waals surface area (Å²) >= 11 is 0. The summed E-state index contributed by atoms with van der Waals surface area (Å²) in [5.41, 5.74) is 5.44. The van der Waals surface area contributed by atoms with E-state index in [1.807, 2.05) is 39.0 Å². The SMILES string of the molecule is COC(=O)CCc1c(C)nn(-c2ccc(C(=O)OCC(=O)Nc3ccccc3C)cc2)c1C. The Kier molecular flexibility index (Phi) is 7.61. The number of methoxy groups -OCH3 is 1. The van der Waals surface area contributed by atoms with E-state index in [0.717, 1.165) is 28.2 Å². The van der Waals surface area contributed by atoms with Crippen LogP contribution in [-0.2, 0) is 25.5 Å². The molecule has 0 saturated heterocycles. The molecule has 1 aromatic heterocycles. The molecule has 0 bridgehead atoms. The first kappa shape index (κ1) is 23.7. The van der Waals surface area contributed by atoms with Crippen molar-refractivity contribution >= 4 is 23.5 Å². The van der Waals surface area contributed by atoms with Gasteiger partial charge in [-0.25, -0.2) is 9.48 Å². The van der Waals surface area contributed by atoms with E-state index >= 15 is 0 Å². The van der Waals surface area contributed by atoms with Crippen molar-refractivity contribution in [2.24, 2.45) is 0 Å². The molecular weight excluding hydrogens is 422 g/mol. The van der Waals surface area contributed by atoms with Gasteiger partial charge in [0.05, 0.1) is 24.1 Å². The molecule has 0 fully saturated rings. The highest BCUT2D eigenvalue weighted by Crippen LogP contribution is 2.20. The van der Waals surface area contributed by atoms with Gasteiger partial charge in [0.2, 0.25) is 0 Å². The molecule has 0 atom stereocenters. The van der Waals surface area contributed by atoms with Crippen LogP contribution in [0.15, 0.2) is 48.5 Å². The van der Waals surface area contributed by atoms with Gasteiger partial charge in [0.25, 0.3) is 5.91 Å². The minimum absolute atomic E-state index is 0.267. The van der Waals surface area contributed by atoms with Crippen LogP contribution in [0.4, 0.5) is 5.69 Å². The van der Waals surface area contributed by atoms with Gasteiger partial charge >= 0.3 is 11.9 Å². The maximum Gasteiger partial charge on any atom is 0.338 e. The van der Waals surface area contributed by atoms with E-state index in [1.54, 1.807) is 35.0 Å². The van der Waals surface area contributed by atoms with Crippen molar-refractivity contribution in [1.82, 2.24) is 9.78 Å². The number of carbonyl (C=O) groups is 3. The van der Waals surface area contributed by atoms with Crippen LogP contribution in [0.25, 0.3) is 5.69 Å². The average molecular weight is 450 g/mol. The summed E-state index contributed by atoms with van der Waals surface area (Å²) in [4.78, 5) is 35.9. The molecule has 2 aromatic carbocycles. The topological polar surface area (TPSA) is 99.5 Å². The molecule has 33 heavy (non-hydrogen) atoms. The lowest BCUT2D eigenvalue weighted by Gasteiger charge is -2.09. The van der Waals surface area contributed by atoms with Gasteiger partial charge in [-0.2, -0.15) is 5.10 Å². The predicted molar refractivity (Wildman–Crippen MR) is 123 cm³/mol. The molecule has 1 heterocycles. The number of ether oxygens (including phenoxy) is 2. The minimum atomic E-state index is -0.589. The first-order valence-electron chi connectivity index (χ1n) is 10.5. The van der Waals surface area contributed by atoms with Crippen molar-refractivity contribution in [1.29, 1.82) is 0 Å². The smallest absolute Gasteiger partial charge is 0.338 e. The van der Waals surface area contributed by atoms with E-state index in [-0.39, 0.29) is 19.0 Å². The molecule has 3 rings (SSSR count). The van der Waals surface area contributed by atoms with E-state index in [9.17, 15) is 14.4 Å². The molecular formula is C25H27N3O5. The van der Waals surface area contributed by atoms with Crippen molar-refractivity contribution in [2.45, 2.75) is 33.6 Å². The zero-order chi connectivity index (χ0) is 24.0. The Labute approximate surface area is 192 Å². The molecule has 1 amide bonds. The summed E-state index contributed by atoms with van der Waals surface area (Å²) in [6.07, 6.45) is 0.825. The second-order valence-corrected chi connectivity index (χ2v) is 7.62. The standard InChI is InChI=1S/C25H27N3O5/c1-16-7-5-6-8-22(16)26-23(29)15-33-25(31)19-9-11-20(12-10-19)28-18(3)21(17(2)27-28)13-14-24(30)32-4/h5-12H,13-15H2,1-4H3,(H,26,29). The molecule has 0 aliphatic heterocycles. The monoisotopic (exact) mass is 449 g/mol. The molecule has 0 aliphatic carbocycles. The van der Waals surface area contributed by atoms with Crippen LogP contribution in [0.3, 0.4) is 0 Å². The largest absolute Gasteiger partial charge is 0.469 e.